The van der Waals surface area contributed by atoms with Crippen molar-refractivity contribution >= 4 is 12.0 Å². The molecule has 2 atom stereocenters. The van der Waals surface area contributed by atoms with Crippen LogP contribution in [-0.4, -0.2) is 40.4 Å². The largest absolute Gasteiger partial charge is 0.481 e. The third kappa shape index (κ3) is 6.68. The number of carbonyl (C=O) groups is 2. The van der Waals surface area contributed by atoms with E-state index in [1.807, 2.05) is 0 Å². The van der Waals surface area contributed by atoms with Crippen LogP contribution in [0.2, 0.25) is 0 Å². The van der Waals surface area contributed by atoms with Crippen LogP contribution in [0.5, 0.6) is 0 Å². The summed E-state index contributed by atoms with van der Waals surface area (Å²) in [7, 11) is 0. The van der Waals surface area contributed by atoms with Gasteiger partial charge in [-0.25, -0.2) is 4.79 Å². The summed E-state index contributed by atoms with van der Waals surface area (Å²) in [6.45, 7) is 2.78. The minimum atomic E-state index is -1.48. The van der Waals surface area contributed by atoms with Crippen molar-refractivity contribution in [3.8, 4) is 12.3 Å². The van der Waals surface area contributed by atoms with Crippen molar-refractivity contribution in [2.45, 2.75) is 31.9 Å². The smallest absolute Gasteiger partial charge is 0.315 e. The summed E-state index contributed by atoms with van der Waals surface area (Å²) >= 11 is 0. The van der Waals surface area contributed by atoms with E-state index in [0.29, 0.717) is 0 Å². The van der Waals surface area contributed by atoms with Gasteiger partial charge >= 0.3 is 12.0 Å². The lowest BCUT2D eigenvalue weighted by atomic mass is 10.0. The van der Waals surface area contributed by atoms with E-state index in [-0.39, 0.29) is 6.54 Å². The number of amides is 2. The van der Waals surface area contributed by atoms with Crippen LogP contribution in [0.4, 0.5) is 4.79 Å². The number of carboxylic acids is 1. The van der Waals surface area contributed by atoms with Gasteiger partial charge in [0.15, 0.2) is 0 Å². The highest BCUT2D eigenvalue weighted by atomic mass is 16.4. The van der Waals surface area contributed by atoms with Crippen molar-refractivity contribution in [2.75, 3.05) is 6.54 Å². The Morgan fingerprint density at radius 1 is 1.56 bits per heavy atom. The third-order valence-corrected chi connectivity index (χ3v) is 1.76. The van der Waals surface area contributed by atoms with Gasteiger partial charge in [-0.15, -0.1) is 6.42 Å². The molecule has 0 saturated heterocycles. The summed E-state index contributed by atoms with van der Waals surface area (Å²) in [4.78, 5) is 21.5. The summed E-state index contributed by atoms with van der Waals surface area (Å²) in [6, 6.07) is -0.972. The molecule has 0 aliphatic heterocycles. The van der Waals surface area contributed by atoms with Gasteiger partial charge in [0.1, 0.15) is 0 Å². The number of terminal acetylenes is 1. The second kappa shape index (κ2) is 5.98. The molecule has 4 N–H and O–H groups in total. The normalized spacial score (nSPS) is 15.4. The fourth-order valence-electron chi connectivity index (χ4n) is 0.948. The molecule has 0 rings (SSSR count). The highest BCUT2D eigenvalue weighted by Gasteiger charge is 2.24. The zero-order valence-corrected chi connectivity index (χ0v) is 9.28. The highest BCUT2D eigenvalue weighted by molar-refractivity contribution is 5.75. The molecule has 0 aliphatic rings. The number of aliphatic hydroxyl groups is 1. The molecule has 90 valence electrons. The topological polar surface area (TPSA) is 98.7 Å². The van der Waals surface area contributed by atoms with Crippen molar-refractivity contribution in [1.29, 1.82) is 0 Å². The molecular weight excluding hydrogens is 212 g/mol. The fourth-order valence-corrected chi connectivity index (χ4v) is 0.948. The number of aliphatic carboxylic acids is 1. The van der Waals surface area contributed by atoms with E-state index in [4.69, 9.17) is 11.5 Å². The lowest BCUT2D eigenvalue weighted by Crippen LogP contribution is -2.47. The Kier molecular flexibility index (Phi) is 5.33. The van der Waals surface area contributed by atoms with Gasteiger partial charge in [-0.3, -0.25) is 4.79 Å². The van der Waals surface area contributed by atoms with Gasteiger partial charge in [-0.2, -0.15) is 0 Å². The number of carbonyl (C=O) groups excluding carboxylic acids is 1. The van der Waals surface area contributed by atoms with Crippen LogP contribution in [0.3, 0.4) is 0 Å². The molecule has 2 unspecified atom stereocenters. The minimum Gasteiger partial charge on any atom is -0.481 e. The first-order chi connectivity index (χ1) is 7.26. The molecule has 0 fully saturated rings. The second-order valence-corrected chi connectivity index (χ2v) is 3.78. The molecular formula is C10H16N2O4. The average molecular weight is 228 g/mol. The molecule has 6 nitrogen and oxygen atoms in total. The molecule has 0 aromatic carbocycles. The molecule has 0 aromatic heterocycles. The molecule has 0 heterocycles. The van der Waals surface area contributed by atoms with Gasteiger partial charge < -0.3 is 20.8 Å². The predicted molar refractivity (Wildman–Crippen MR) is 57.7 cm³/mol. The first-order valence-corrected chi connectivity index (χ1v) is 4.71. The van der Waals surface area contributed by atoms with E-state index in [0.717, 1.165) is 0 Å². The maximum absolute atomic E-state index is 11.2. The molecule has 0 bridgehead atoms. The molecule has 0 aliphatic carbocycles. The first kappa shape index (κ1) is 14.3. The molecule has 16 heavy (non-hydrogen) atoms. The highest BCUT2D eigenvalue weighted by Crippen LogP contribution is 2.06. The van der Waals surface area contributed by atoms with E-state index in [2.05, 4.69) is 16.6 Å². The molecule has 0 aromatic rings. The summed E-state index contributed by atoms with van der Waals surface area (Å²) in [5, 5.41) is 22.8. The maximum atomic E-state index is 11.2. The van der Waals surface area contributed by atoms with Crippen molar-refractivity contribution < 1.29 is 19.8 Å². The Bertz CT molecular complexity index is 306. The Morgan fingerprint density at radius 3 is 2.56 bits per heavy atom. The summed E-state index contributed by atoms with van der Waals surface area (Å²) in [6.07, 6.45) is 4.60. The number of rotatable bonds is 5. The number of carboxylic acid groups (broad SMARTS) is 1. The van der Waals surface area contributed by atoms with Gasteiger partial charge in [-0.1, -0.05) is 5.92 Å². The predicted octanol–water partition coefficient (Wildman–Crippen LogP) is -0.467. The number of hydrogen-bond acceptors (Lipinski definition) is 3. The van der Waals surface area contributed by atoms with Crippen LogP contribution in [0.1, 0.15) is 20.3 Å². The quantitative estimate of drug-likeness (QED) is 0.478. The third-order valence-electron chi connectivity index (χ3n) is 1.76. The zero-order chi connectivity index (χ0) is 12.8. The number of urea groups is 1. The minimum absolute atomic E-state index is 0.164. The van der Waals surface area contributed by atoms with E-state index in [1.54, 1.807) is 6.92 Å². The monoisotopic (exact) mass is 228 g/mol. The maximum Gasteiger partial charge on any atom is 0.315 e. The molecule has 0 spiro atoms. The summed E-state index contributed by atoms with van der Waals surface area (Å²) in [5.41, 5.74) is -1.48. The average Bonchev–Trinajstić information content (AvgIpc) is 2.13. The van der Waals surface area contributed by atoms with Gasteiger partial charge in [0.25, 0.3) is 0 Å². The van der Waals surface area contributed by atoms with Crippen LogP contribution >= 0.6 is 0 Å². The molecule has 0 radical (unpaired) electrons. The Hall–Kier alpha value is -1.74. The number of nitrogens with one attached hydrogen (secondary N) is 2. The standard InChI is InChI=1S/C10H16N2O4/c1-4-7(2)12-9(15)11-6-10(3,16)5-8(13)14/h1,7,16H,5-6H2,2-3H3,(H,13,14)(H2,11,12,15). The Labute approximate surface area is 94.0 Å². The van der Waals surface area contributed by atoms with Gasteiger partial charge in [-0.05, 0) is 13.8 Å². The molecule has 0 saturated carbocycles. The molecule has 2 amide bonds. The summed E-state index contributed by atoms with van der Waals surface area (Å²) < 4.78 is 0. The lowest BCUT2D eigenvalue weighted by molar-refractivity contribution is -0.141. The van der Waals surface area contributed by atoms with Gasteiger partial charge in [0.05, 0.1) is 18.1 Å². The van der Waals surface area contributed by atoms with E-state index in [1.165, 1.54) is 6.92 Å². The Morgan fingerprint density at radius 2 is 2.12 bits per heavy atom. The van der Waals surface area contributed by atoms with E-state index >= 15 is 0 Å². The lowest BCUT2D eigenvalue weighted by Gasteiger charge is -2.21. The van der Waals surface area contributed by atoms with Crippen molar-refractivity contribution in [3.63, 3.8) is 0 Å². The van der Waals surface area contributed by atoms with Crippen LogP contribution in [-0.2, 0) is 4.79 Å². The van der Waals surface area contributed by atoms with Crippen LogP contribution < -0.4 is 10.6 Å². The van der Waals surface area contributed by atoms with Crippen molar-refractivity contribution in [3.05, 3.63) is 0 Å². The zero-order valence-electron chi connectivity index (χ0n) is 9.28. The van der Waals surface area contributed by atoms with Crippen molar-refractivity contribution in [2.24, 2.45) is 0 Å². The SMILES string of the molecule is C#CC(C)NC(=O)NCC(C)(O)CC(=O)O. The van der Waals surface area contributed by atoms with Crippen LogP contribution in [0.25, 0.3) is 0 Å². The van der Waals surface area contributed by atoms with Gasteiger partial charge in [0, 0.05) is 6.54 Å². The van der Waals surface area contributed by atoms with E-state index in [9.17, 15) is 14.7 Å². The van der Waals surface area contributed by atoms with E-state index < -0.39 is 30.1 Å². The van der Waals surface area contributed by atoms with Crippen LogP contribution in [0, 0.1) is 12.3 Å². The van der Waals surface area contributed by atoms with Gasteiger partial charge in [0.2, 0.25) is 0 Å². The van der Waals surface area contributed by atoms with Crippen molar-refractivity contribution in [1.82, 2.24) is 10.6 Å². The fraction of sp³-hybridized carbons (Fsp3) is 0.600. The number of hydrogen-bond donors (Lipinski definition) is 4. The second-order valence-electron chi connectivity index (χ2n) is 3.78. The summed E-state index contributed by atoms with van der Waals surface area (Å²) in [5.74, 6) is 1.16. The van der Waals surface area contributed by atoms with Crippen LogP contribution in [0.15, 0.2) is 0 Å². The molecule has 6 heteroatoms. The Balaban J connectivity index is 4.00. The first-order valence-electron chi connectivity index (χ1n) is 4.71.